The number of para-hydroxylation sites is 1. The Morgan fingerprint density at radius 2 is 1.78 bits per heavy atom. The summed E-state index contributed by atoms with van der Waals surface area (Å²) in [6, 6.07) is 15.4. The lowest BCUT2D eigenvalue weighted by Gasteiger charge is -2.42. The topological polar surface area (TPSA) is 94.2 Å². The zero-order valence-electron chi connectivity index (χ0n) is 17.6. The van der Waals surface area contributed by atoms with Crippen LogP contribution in [0.25, 0.3) is 0 Å². The molecule has 1 fully saturated rings. The number of allylic oxidation sites excluding steroid dienone is 1. The summed E-state index contributed by atoms with van der Waals surface area (Å²) in [4.78, 5) is 39.6. The van der Waals surface area contributed by atoms with Gasteiger partial charge in [-0.05, 0) is 36.8 Å². The van der Waals surface area contributed by atoms with E-state index in [2.05, 4.69) is 5.32 Å². The van der Waals surface area contributed by atoms with Crippen LogP contribution >= 0.6 is 11.8 Å². The summed E-state index contributed by atoms with van der Waals surface area (Å²) >= 11 is 1.36. The molecule has 32 heavy (non-hydrogen) atoms. The van der Waals surface area contributed by atoms with Gasteiger partial charge in [0.05, 0.1) is 7.11 Å². The second kappa shape index (κ2) is 9.35. The number of esters is 1. The van der Waals surface area contributed by atoms with E-state index in [1.54, 1.807) is 62.6 Å². The first-order chi connectivity index (χ1) is 15.5. The van der Waals surface area contributed by atoms with Crippen LogP contribution in [0.15, 0.2) is 65.2 Å². The molecular weight excluding hydrogens is 432 g/mol. The molecule has 2 aromatic rings. The van der Waals surface area contributed by atoms with Crippen molar-refractivity contribution in [1.29, 1.82) is 0 Å². The number of nitrogens with zero attached hydrogens (tertiary/aromatic N) is 1. The minimum Gasteiger partial charge on any atom is -0.497 e. The van der Waals surface area contributed by atoms with Gasteiger partial charge in [0.25, 0.3) is 11.8 Å². The van der Waals surface area contributed by atoms with E-state index in [0.29, 0.717) is 16.4 Å². The fraction of sp³-hybridized carbons (Fsp3) is 0.261. The summed E-state index contributed by atoms with van der Waals surface area (Å²) in [6.45, 7) is 1.64. The van der Waals surface area contributed by atoms with Crippen molar-refractivity contribution >= 4 is 29.5 Å². The van der Waals surface area contributed by atoms with Crippen LogP contribution in [0.4, 0.5) is 0 Å². The van der Waals surface area contributed by atoms with Gasteiger partial charge in [0.1, 0.15) is 35.2 Å². The van der Waals surface area contributed by atoms with Gasteiger partial charge in [-0.15, -0.1) is 11.8 Å². The van der Waals surface area contributed by atoms with Crippen LogP contribution in [0.1, 0.15) is 12.5 Å². The van der Waals surface area contributed by atoms with Crippen molar-refractivity contribution in [3.8, 4) is 11.5 Å². The Balaban J connectivity index is 1.30. The van der Waals surface area contributed by atoms with Gasteiger partial charge in [-0.3, -0.25) is 14.5 Å². The van der Waals surface area contributed by atoms with Gasteiger partial charge in [-0.2, -0.15) is 0 Å². The maximum Gasteiger partial charge on any atom is 0.356 e. The van der Waals surface area contributed by atoms with E-state index in [9.17, 15) is 14.4 Å². The second-order valence-corrected chi connectivity index (χ2v) is 8.52. The van der Waals surface area contributed by atoms with Crippen molar-refractivity contribution in [3.05, 3.63) is 70.8 Å². The summed E-state index contributed by atoms with van der Waals surface area (Å²) < 4.78 is 15.9. The standard InChI is InChI=1S/C23H22N2O6S/c1-14-20(23(28)31-12-15-8-10-16(29-2)11-9-15)25-21(27)19(22(25)32-14)24-18(26)13-30-17-6-4-3-5-7-17/h3-11,19,22H,12-13H2,1-2H3,(H,24,26)/t19-,22+/m1/s1. The molecule has 0 spiro atoms. The molecule has 8 nitrogen and oxygen atoms in total. The minimum atomic E-state index is -0.714. The van der Waals surface area contributed by atoms with Crippen molar-refractivity contribution in [1.82, 2.24) is 10.2 Å². The van der Waals surface area contributed by atoms with Crippen molar-refractivity contribution in [2.75, 3.05) is 13.7 Å². The summed E-state index contributed by atoms with van der Waals surface area (Å²) in [7, 11) is 1.58. The molecule has 2 aliphatic rings. The van der Waals surface area contributed by atoms with Gasteiger partial charge in [0.2, 0.25) is 0 Å². The third kappa shape index (κ3) is 4.43. The van der Waals surface area contributed by atoms with Crippen LogP contribution in [-0.4, -0.2) is 47.8 Å². The molecule has 0 aromatic heterocycles. The van der Waals surface area contributed by atoms with E-state index in [-0.39, 0.29) is 30.2 Å². The van der Waals surface area contributed by atoms with Crippen molar-refractivity contribution in [2.45, 2.75) is 24.9 Å². The summed E-state index contributed by atoms with van der Waals surface area (Å²) in [5.74, 6) is -0.0377. The Morgan fingerprint density at radius 3 is 2.47 bits per heavy atom. The number of fused-ring (bicyclic) bond motifs is 1. The fourth-order valence-electron chi connectivity index (χ4n) is 3.42. The quantitative estimate of drug-likeness (QED) is 0.484. The predicted molar refractivity (Wildman–Crippen MR) is 118 cm³/mol. The number of benzene rings is 2. The third-order valence-corrected chi connectivity index (χ3v) is 6.34. The number of carbonyl (C=O) groups is 3. The summed E-state index contributed by atoms with van der Waals surface area (Å²) in [5.41, 5.74) is 1.03. The van der Waals surface area contributed by atoms with Gasteiger partial charge in [0, 0.05) is 4.91 Å². The first-order valence-corrected chi connectivity index (χ1v) is 10.8. The first kappa shape index (κ1) is 21.8. The molecule has 1 saturated heterocycles. The molecule has 2 aromatic carbocycles. The average Bonchev–Trinajstić information content (AvgIpc) is 3.14. The highest BCUT2D eigenvalue weighted by Crippen LogP contribution is 2.46. The lowest BCUT2D eigenvalue weighted by atomic mass is 10.1. The number of amides is 2. The third-order valence-electron chi connectivity index (χ3n) is 5.07. The van der Waals surface area contributed by atoms with Crippen LogP contribution in [0.5, 0.6) is 11.5 Å². The fourth-order valence-corrected chi connectivity index (χ4v) is 4.71. The van der Waals surface area contributed by atoms with Gasteiger partial charge in [0.15, 0.2) is 6.61 Å². The Labute approximate surface area is 189 Å². The zero-order valence-corrected chi connectivity index (χ0v) is 18.4. The van der Waals surface area contributed by atoms with Crippen molar-refractivity contribution in [3.63, 3.8) is 0 Å². The number of nitrogens with one attached hydrogen (secondary N) is 1. The maximum atomic E-state index is 12.7. The second-order valence-electron chi connectivity index (χ2n) is 7.19. The zero-order chi connectivity index (χ0) is 22.7. The molecule has 1 N–H and O–H groups in total. The van der Waals surface area contributed by atoms with Gasteiger partial charge >= 0.3 is 5.97 Å². The van der Waals surface area contributed by atoms with E-state index < -0.39 is 17.9 Å². The van der Waals surface area contributed by atoms with E-state index in [0.717, 1.165) is 5.56 Å². The van der Waals surface area contributed by atoms with Crippen LogP contribution < -0.4 is 14.8 Å². The molecule has 2 amide bonds. The number of hydrogen-bond acceptors (Lipinski definition) is 7. The highest BCUT2D eigenvalue weighted by atomic mass is 32.2. The van der Waals surface area contributed by atoms with Crippen molar-refractivity contribution in [2.24, 2.45) is 0 Å². The van der Waals surface area contributed by atoms with Gasteiger partial charge < -0.3 is 19.5 Å². The molecule has 4 rings (SSSR count). The van der Waals surface area contributed by atoms with Crippen molar-refractivity contribution < 1.29 is 28.6 Å². The molecule has 0 aliphatic carbocycles. The van der Waals surface area contributed by atoms with Crippen LogP contribution in [0, 0.1) is 0 Å². The SMILES string of the molecule is COc1ccc(COC(=O)C2=C(C)S[C@H]3[C@H](NC(=O)COc4ccccc4)C(=O)N23)cc1. The molecule has 166 valence electrons. The molecule has 0 unspecified atom stereocenters. The Kier molecular flexibility index (Phi) is 6.36. The Morgan fingerprint density at radius 1 is 1.06 bits per heavy atom. The van der Waals surface area contributed by atoms with E-state index >= 15 is 0 Å². The molecule has 2 atom stereocenters. The predicted octanol–water partition coefficient (Wildman–Crippen LogP) is 2.45. The van der Waals surface area contributed by atoms with Crippen LogP contribution in [-0.2, 0) is 25.7 Å². The summed E-state index contributed by atoms with van der Waals surface area (Å²) in [6.07, 6.45) is 0. The number of β-lactam (4-membered cyclic amide) rings is 1. The number of carbonyl (C=O) groups excluding carboxylic acids is 3. The summed E-state index contributed by atoms with van der Waals surface area (Å²) in [5, 5.41) is 2.32. The first-order valence-electron chi connectivity index (χ1n) is 9.96. The van der Waals surface area contributed by atoms with Crippen LogP contribution in [0.3, 0.4) is 0 Å². The minimum absolute atomic E-state index is 0.0773. The Bertz CT molecular complexity index is 1050. The number of hydrogen-bond donors (Lipinski definition) is 1. The van der Waals surface area contributed by atoms with E-state index in [1.165, 1.54) is 16.7 Å². The maximum absolute atomic E-state index is 12.7. The molecule has 0 saturated carbocycles. The lowest BCUT2D eigenvalue weighted by Crippen LogP contribution is -2.68. The van der Waals surface area contributed by atoms with Crippen LogP contribution in [0.2, 0.25) is 0 Å². The number of methoxy groups -OCH3 is 1. The van der Waals surface area contributed by atoms with Gasteiger partial charge in [-0.1, -0.05) is 30.3 Å². The number of rotatable bonds is 8. The highest BCUT2D eigenvalue weighted by Gasteiger charge is 2.56. The molecule has 0 radical (unpaired) electrons. The monoisotopic (exact) mass is 454 g/mol. The normalized spacial score (nSPS) is 19.2. The van der Waals surface area contributed by atoms with E-state index in [4.69, 9.17) is 14.2 Å². The average molecular weight is 455 g/mol. The highest BCUT2D eigenvalue weighted by molar-refractivity contribution is 8.04. The van der Waals surface area contributed by atoms with E-state index in [1.807, 2.05) is 6.07 Å². The smallest absolute Gasteiger partial charge is 0.356 e. The lowest BCUT2D eigenvalue weighted by molar-refractivity contribution is -0.152. The molecular formula is C23H22N2O6S. The van der Waals surface area contributed by atoms with Gasteiger partial charge in [-0.25, -0.2) is 4.79 Å². The largest absolute Gasteiger partial charge is 0.497 e. The molecule has 9 heteroatoms. The number of thioether (sulfide) groups is 1. The number of ether oxygens (including phenoxy) is 3. The Hall–Kier alpha value is -3.46. The molecule has 0 bridgehead atoms. The molecule has 2 aliphatic heterocycles. The molecule has 2 heterocycles.